The molecule has 1 saturated carbocycles. The zero-order chi connectivity index (χ0) is 54.4. The molecule has 1 aromatic heterocycles. The quantitative estimate of drug-likeness (QED) is 0.110. The third kappa shape index (κ3) is 15.9. The molecule has 2 bridgehead atoms. The minimum atomic E-state index is -2.45. The van der Waals surface area contributed by atoms with Crippen LogP contribution < -0.4 is 4.57 Å². The van der Waals surface area contributed by atoms with Crippen LogP contribution in [0.2, 0.25) is 0 Å². The number of piperidine rings is 1. The fourth-order valence-corrected chi connectivity index (χ4v) is 11.9. The van der Waals surface area contributed by atoms with Crippen molar-refractivity contribution in [2.75, 3.05) is 27.9 Å². The lowest BCUT2D eigenvalue weighted by molar-refractivity contribution is -0.687. The Labute approximate surface area is 442 Å². The number of hydrogen-bond donors (Lipinski definition) is 2. The highest BCUT2D eigenvalue weighted by molar-refractivity contribution is 7.07. The Balaban J connectivity index is 1.43. The zero-order valence-electron chi connectivity index (χ0n) is 45.7. The molecule has 4 heterocycles. The number of methoxy groups -OCH3 is 3. The number of nitrogens with zero attached hydrogens (tertiary/aromatic N) is 2. The maximum Gasteiger partial charge on any atom is 0.373 e. The molecule has 5 rings (SSSR count). The molecule has 0 radical (unpaired) electrons. The van der Waals surface area contributed by atoms with E-state index in [9.17, 15) is 39.0 Å². The molecule has 0 aromatic carbocycles. The number of carbonyl (C=O) groups is 6. The number of hydrogen-bond acceptors (Lipinski definition) is 15. The van der Waals surface area contributed by atoms with Gasteiger partial charge in [0.2, 0.25) is 17.8 Å². The molecule has 0 unspecified atom stereocenters. The van der Waals surface area contributed by atoms with Crippen molar-refractivity contribution < 1.29 is 72.0 Å². The number of aliphatic hydroxyl groups excluding tert-OH is 1. The van der Waals surface area contributed by atoms with Crippen LogP contribution in [0.5, 0.6) is 0 Å². The molecule has 3 fully saturated rings. The standard InChI is InChI=1S/C57H85N2O14S/c1-34-17-13-12-14-18-35(2)47(68-9)29-43-22-20-40(7)57(67,73-43)54(64)55(65)59-24-16-15-19-44(59)56(66)72-48(30-45(60)36(3)26-39(6)52(63)53(70-11)51(62)38(5)25-34)37(4)27-42-21-23-46(49(28-42)69-10)71-50(61)31-58-33-74-32-41(58)8/h12-14,17-18,26,32-34,36-38,40,42-44,46-49,52-53,63,67H,15-16,19-25,27-31H2,1-11H3/q+1/b14-12?,17-13+,35-18?,39-26+/t34-,36-,37-,38-,40-,42+,43+,44+,46-,47+,48+,49-,52-,53+,57-/m1/s1. The van der Waals surface area contributed by atoms with Crippen LogP contribution in [-0.2, 0) is 63.7 Å². The second kappa shape index (κ2) is 28.2. The van der Waals surface area contributed by atoms with Crippen LogP contribution in [0.3, 0.4) is 0 Å². The maximum absolute atomic E-state index is 14.6. The van der Waals surface area contributed by atoms with E-state index in [2.05, 4.69) is 0 Å². The third-order valence-electron chi connectivity index (χ3n) is 15.9. The van der Waals surface area contributed by atoms with Gasteiger partial charge in [0.1, 0.15) is 36.2 Å². The summed E-state index contributed by atoms with van der Waals surface area (Å²) in [5.41, 5.74) is 4.08. The topological polar surface area (TPSA) is 205 Å². The summed E-state index contributed by atoms with van der Waals surface area (Å²) in [5.74, 6) is -8.61. The highest BCUT2D eigenvalue weighted by Crippen LogP contribution is 2.38. The van der Waals surface area contributed by atoms with Gasteiger partial charge in [-0.2, -0.15) is 4.57 Å². The molecule has 1 amide bonds. The summed E-state index contributed by atoms with van der Waals surface area (Å²) in [6.45, 7) is 14.7. The summed E-state index contributed by atoms with van der Waals surface area (Å²) in [6, 6.07) is -1.17. The molecular formula is C57H85N2O14S+. The number of carbonyl (C=O) groups excluding carboxylic acids is 6. The van der Waals surface area contributed by atoms with Gasteiger partial charge in [0.25, 0.3) is 11.7 Å². The molecule has 74 heavy (non-hydrogen) atoms. The van der Waals surface area contributed by atoms with Crippen LogP contribution in [0.4, 0.5) is 0 Å². The maximum atomic E-state index is 14.6. The lowest BCUT2D eigenvalue weighted by Crippen LogP contribution is -2.61. The van der Waals surface area contributed by atoms with E-state index in [4.69, 9.17) is 28.4 Å². The van der Waals surface area contributed by atoms with E-state index < -0.39 is 89.8 Å². The normalized spacial score (nSPS) is 35.7. The van der Waals surface area contributed by atoms with Crippen LogP contribution in [0.1, 0.15) is 131 Å². The molecule has 2 saturated heterocycles. The van der Waals surface area contributed by atoms with Gasteiger partial charge in [0, 0.05) is 65.4 Å². The molecule has 1 aromatic rings. The molecule has 4 aliphatic rings. The van der Waals surface area contributed by atoms with Crippen molar-refractivity contribution in [3.63, 3.8) is 0 Å². The van der Waals surface area contributed by atoms with Gasteiger partial charge in [-0.05, 0) is 107 Å². The summed E-state index contributed by atoms with van der Waals surface area (Å²) in [4.78, 5) is 85.6. The Morgan fingerprint density at radius 1 is 0.892 bits per heavy atom. The molecular weight excluding hydrogens is 969 g/mol. The van der Waals surface area contributed by atoms with Gasteiger partial charge >= 0.3 is 11.9 Å². The van der Waals surface area contributed by atoms with E-state index in [0.717, 1.165) is 11.3 Å². The van der Waals surface area contributed by atoms with E-state index >= 15 is 0 Å². The number of esters is 2. The number of aromatic nitrogens is 1. The van der Waals surface area contributed by atoms with Crippen molar-refractivity contribution in [1.82, 2.24) is 4.90 Å². The summed E-state index contributed by atoms with van der Waals surface area (Å²) in [5, 5.41) is 25.5. The molecule has 1 aliphatic carbocycles. The Kier molecular flexibility index (Phi) is 23.1. The Hall–Kier alpha value is -4.23. The van der Waals surface area contributed by atoms with Crippen molar-refractivity contribution in [3.05, 3.63) is 64.2 Å². The first-order valence-electron chi connectivity index (χ1n) is 26.7. The van der Waals surface area contributed by atoms with Crippen LogP contribution in [0.15, 0.2) is 58.5 Å². The monoisotopic (exact) mass is 1050 g/mol. The van der Waals surface area contributed by atoms with Crippen LogP contribution in [0.25, 0.3) is 0 Å². The van der Waals surface area contributed by atoms with E-state index in [-0.39, 0.29) is 61.4 Å². The molecule has 16 nitrogen and oxygen atoms in total. The summed E-state index contributed by atoms with van der Waals surface area (Å²) < 4.78 is 37.7. The zero-order valence-corrected chi connectivity index (χ0v) is 46.5. The third-order valence-corrected chi connectivity index (χ3v) is 16.8. The fraction of sp³-hybridized carbons (Fsp3) is 0.702. The smallest absolute Gasteiger partial charge is 0.373 e. The number of aliphatic hydroxyl groups is 2. The molecule has 2 N–H and O–H groups in total. The number of aryl methyl sites for hydroxylation is 1. The molecule has 3 aliphatic heterocycles. The van der Waals surface area contributed by atoms with Gasteiger partial charge in [0.15, 0.2) is 11.5 Å². The number of cyclic esters (lactones) is 1. The van der Waals surface area contributed by atoms with E-state index in [0.29, 0.717) is 69.8 Å². The first-order valence-corrected chi connectivity index (χ1v) is 27.7. The molecule has 412 valence electrons. The van der Waals surface area contributed by atoms with Crippen LogP contribution in [0, 0.1) is 42.4 Å². The van der Waals surface area contributed by atoms with Crippen molar-refractivity contribution in [2.24, 2.45) is 35.5 Å². The first kappa shape index (κ1) is 60.6. The SMILES string of the molecule is CO[C@H]1C[C@@H]2CC[C@@H](C)[C@@](O)(O2)C(=O)C(=O)N2CCCC[C@H]2C(=O)O[C@H]([C@H](C)C[C@@H]2CC[C@@H](OC(=O)C[n+]3cscc3C)[C@H](OC)C2)CC(=O)[C@H](C)/C=C(\C)[C@@H](O)[C@@H](OC)C(=O)[C@H](C)C[C@H](C)/C=C/C=CC=C1C. The summed E-state index contributed by atoms with van der Waals surface area (Å²) >= 11 is 1.50. The lowest BCUT2D eigenvalue weighted by atomic mass is 9.78. The Bertz CT molecular complexity index is 2220. The van der Waals surface area contributed by atoms with Crippen LogP contribution >= 0.6 is 11.3 Å². The molecule has 0 spiro atoms. The van der Waals surface area contributed by atoms with Gasteiger partial charge < -0.3 is 43.5 Å². The van der Waals surface area contributed by atoms with Gasteiger partial charge in [-0.1, -0.05) is 82.4 Å². The Morgan fingerprint density at radius 2 is 1.64 bits per heavy atom. The van der Waals surface area contributed by atoms with E-state index in [1.165, 1.54) is 23.3 Å². The van der Waals surface area contributed by atoms with Gasteiger partial charge in [-0.25, -0.2) is 9.59 Å². The van der Waals surface area contributed by atoms with Crippen molar-refractivity contribution in [2.45, 2.75) is 194 Å². The number of allylic oxidation sites excluding steroid dienone is 6. The predicted molar refractivity (Wildman–Crippen MR) is 278 cm³/mol. The average Bonchev–Trinajstić information content (AvgIpc) is 3.78. The Morgan fingerprint density at radius 3 is 2.31 bits per heavy atom. The summed E-state index contributed by atoms with van der Waals surface area (Å²) in [6.07, 6.45) is 10.9. The minimum absolute atomic E-state index is 0.00572. The number of rotatable bonds is 9. The number of ketones is 3. The number of amides is 1. The van der Waals surface area contributed by atoms with E-state index in [1.807, 2.05) is 80.5 Å². The molecule has 15 atom stereocenters. The average molecular weight is 1050 g/mol. The number of thiazole rings is 1. The molecule has 17 heteroatoms. The summed E-state index contributed by atoms with van der Waals surface area (Å²) in [7, 11) is 4.54. The number of ether oxygens (including phenoxy) is 6. The van der Waals surface area contributed by atoms with Crippen molar-refractivity contribution in [3.8, 4) is 0 Å². The number of Topliss-reactive ketones (excluding diaryl/α,β-unsaturated/α-hetero) is 3. The van der Waals surface area contributed by atoms with Gasteiger partial charge in [-0.3, -0.25) is 19.2 Å². The van der Waals surface area contributed by atoms with Gasteiger partial charge in [-0.15, -0.1) is 0 Å². The second-order valence-electron chi connectivity index (χ2n) is 21.7. The first-order chi connectivity index (χ1) is 35.1. The van der Waals surface area contributed by atoms with Crippen molar-refractivity contribution in [1.29, 1.82) is 0 Å². The predicted octanol–water partition coefficient (Wildman–Crippen LogP) is 7.09. The minimum Gasteiger partial charge on any atom is -0.460 e. The largest absolute Gasteiger partial charge is 0.460 e. The van der Waals surface area contributed by atoms with E-state index in [1.54, 1.807) is 41.1 Å². The lowest BCUT2D eigenvalue weighted by Gasteiger charge is -2.42. The second-order valence-corrected chi connectivity index (χ2v) is 22.4. The van der Waals surface area contributed by atoms with Gasteiger partial charge in [0.05, 0.1) is 23.7 Å². The number of fused-ring (bicyclic) bond motifs is 3. The van der Waals surface area contributed by atoms with Crippen LogP contribution in [-0.4, -0.2) is 133 Å². The highest BCUT2D eigenvalue weighted by Gasteiger charge is 2.53. The fourth-order valence-electron chi connectivity index (χ4n) is 11.1. The highest BCUT2D eigenvalue weighted by atomic mass is 32.1. The van der Waals surface area contributed by atoms with Crippen molar-refractivity contribution >= 4 is 46.5 Å².